The second-order valence-electron chi connectivity index (χ2n) is 3.86. The molecule has 1 aromatic rings. The molecule has 0 amide bonds. The van der Waals surface area contributed by atoms with Gasteiger partial charge in [-0.1, -0.05) is 46.6 Å². The van der Waals surface area contributed by atoms with Gasteiger partial charge in [0.1, 0.15) is 12.4 Å². The highest BCUT2D eigenvalue weighted by Gasteiger charge is 2.06. The van der Waals surface area contributed by atoms with Crippen LogP contribution in [0, 0.1) is 12.3 Å². The Balaban J connectivity index is 0.00000121. The van der Waals surface area contributed by atoms with Gasteiger partial charge >= 0.3 is 0 Å². The first-order chi connectivity index (χ1) is 8.19. The van der Waals surface area contributed by atoms with Crippen molar-refractivity contribution in [2.45, 2.75) is 47.0 Å². The highest BCUT2D eigenvalue weighted by molar-refractivity contribution is 5.37. The van der Waals surface area contributed by atoms with Crippen LogP contribution in [-0.4, -0.2) is 6.61 Å². The molecule has 0 fully saturated rings. The summed E-state index contributed by atoms with van der Waals surface area (Å²) in [6, 6.07) is 6.22. The number of hydrogen-bond acceptors (Lipinski definition) is 1. The fraction of sp³-hybridized carbons (Fsp3) is 0.500. The Labute approximate surface area is 106 Å². The molecule has 1 aromatic carbocycles. The molecule has 1 nitrogen and oxygen atoms in total. The lowest BCUT2D eigenvalue weighted by molar-refractivity contribution is 0.370. The maximum atomic E-state index is 5.40. The van der Waals surface area contributed by atoms with Gasteiger partial charge in [0.15, 0.2) is 0 Å². The zero-order chi connectivity index (χ0) is 13.3. The lowest BCUT2D eigenvalue weighted by Crippen LogP contribution is -1.98. The molecule has 0 saturated carbocycles. The van der Waals surface area contributed by atoms with Gasteiger partial charge in [-0.2, -0.15) is 0 Å². The molecule has 0 spiro atoms. The average molecular weight is 232 g/mol. The van der Waals surface area contributed by atoms with Crippen molar-refractivity contribution in [2.24, 2.45) is 0 Å². The Kier molecular flexibility index (Phi) is 7.97. The Morgan fingerprint density at radius 2 is 1.94 bits per heavy atom. The summed E-state index contributed by atoms with van der Waals surface area (Å²) in [5, 5.41) is 0. The summed E-state index contributed by atoms with van der Waals surface area (Å²) in [6.07, 6.45) is 6.18. The monoisotopic (exact) mass is 232 g/mol. The lowest BCUT2D eigenvalue weighted by Gasteiger charge is -2.13. The van der Waals surface area contributed by atoms with E-state index in [1.54, 1.807) is 0 Å². The SMILES string of the molecule is C#CCOc1ccc(C(C)C)c(CC)c1.CC. The van der Waals surface area contributed by atoms with E-state index in [0.717, 1.165) is 12.2 Å². The van der Waals surface area contributed by atoms with Gasteiger partial charge in [0.25, 0.3) is 0 Å². The van der Waals surface area contributed by atoms with Crippen LogP contribution in [0.25, 0.3) is 0 Å². The molecule has 0 aliphatic rings. The van der Waals surface area contributed by atoms with Crippen LogP contribution in [-0.2, 0) is 6.42 Å². The minimum Gasteiger partial charge on any atom is -0.481 e. The van der Waals surface area contributed by atoms with Crippen LogP contribution in [0.1, 0.15) is 51.7 Å². The van der Waals surface area contributed by atoms with Crippen LogP contribution < -0.4 is 4.74 Å². The zero-order valence-corrected chi connectivity index (χ0v) is 11.7. The molecule has 17 heavy (non-hydrogen) atoms. The van der Waals surface area contributed by atoms with E-state index in [2.05, 4.69) is 38.8 Å². The largest absolute Gasteiger partial charge is 0.481 e. The van der Waals surface area contributed by atoms with Gasteiger partial charge in [-0.05, 0) is 35.6 Å². The number of rotatable bonds is 4. The van der Waals surface area contributed by atoms with Gasteiger partial charge in [0, 0.05) is 0 Å². The highest BCUT2D eigenvalue weighted by Crippen LogP contribution is 2.24. The number of ether oxygens (including phenoxy) is 1. The molecule has 0 aliphatic heterocycles. The Morgan fingerprint density at radius 1 is 1.29 bits per heavy atom. The van der Waals surface area contributed by atoms with E-state index in [4.69, 9.17) is 11.2 Å². The van der Waals surface area contributed by atoms with Crippen molar-refractivity contribution in [1.82, 2.24) is 0 Å². The van der Waals surface area contributed by atoms with Gasteiger partial charge in [-0.15, -0.1) is 6.42 Å². The molecular formula is C16H24O. The Morgan fingerprint density at radius 3 is 2.41 bits per heavy atom. The third-order valence-corrected chi connectivity index (χ3v) is 2.44. The molecule has 0 aromatic heterocycles. The minimum absolute atomic E-state index is 0.337. The van der Waals surface area contributed by atoms with Crippen molar-refractivity contribution in [1.29, 1.82) is 0 Å². The topological polar surface area (TPSA) is 9.23 Å². The summed E-state index contributed by atoms with van der Waals surface area (Å²) >= 11 is 0. The number of hydrogen-bond donors (Lipinski definition) is 0. The standard InChI is InChI=1S/C14H18O.C2H6/c1-5-9-15-13-7-8-14(11(3)4)12(6-2)10-13;1-2/h1,7-8,10-11H,6,9H2,2-4H3;1-2H3. The predicted molar refractivity (Wildman–Crippen MR) is 75.6 cm³/mol. The first-order valence-corrected chi connectivity index (χ1v) is 6.38. The fourth-order valence-electron chi connectivity index (χ4n) is 1.67. The summed E-state index contributed by atoms with van der Waals surface area (Å²) in [5.74, 6) is 3.90. The van der Waals surface area contributed by atoms with E-state index in [0.29, 0.717) is 12.5 Å². The van der Waals surface area contributed by atoms with E-state index in [1.807, 2.05) is 19.9 Å². The first-order valence-electron chi connectivity index (χ1n) is 6.38. The quantitative estimate of drug-likeness (QED) is 0.699. The fourth-order valence-corrected chi connectivity index (χ4v) is 1.67. The summed E-state index contributed by atoms with van der Waals surface area (Å²) in [6.45, 7) is 10.9. The van der Waals surface area contributed by atoms with Crippen LogP contribution in [0.5, 0.6) is 5.75 Å². The highest BCUT2D eigenvalue weighted by atomic mass is 16.5. The van der Waals surface area contributed by atoms with Crippen molar-refractivity contribution in [3.63, 3.8) is 0 Å². The molecule has 0 bridgehead atoms. The zero-order valence-electron chi connectivity index (χ0n) is 11.7. The number of terminal acetylenes is 1. The molecule has 0 heterocycles. The van der Waals surface area contributed by atoms with E-state index >= 15 is 0 Å². The smallest absolute Gasteiger partial charge is 0.148 e. The number of aryl methyl sites for hydroxylation is 1. The van der Waals surface area contributed by atoms with Gasteiger partial charge in [-0.3, -0.25) is 0 Å². The molecule has 0 radical (unpaired) electrons. The molecular weight excluding hydrogens is 208 g/mol. The molecule has 0 aliphatic carbocycles. The Hall–Kier alpha value is -1.42. The van der Waals surface area contributed by atoms with E-state index in [9.17, 15) is 0 Å². The third-order valence-electron chi connectivity index (χ3n) is 2.44. The maximum Gasteiger partial charge on any atom is 0.148 e. The van der Waals surface area contributed by atoms with Crippen LogP contribution in [0.3, 0.4) is 0 Å². The second kappa shape index (κ2) is 8.70. The van der Waals surface area contributed by atoms with E-state index < -0.39 is 0 Å². The van der Waals surface area contributed by atoms with Gasteiger partial charge in [-0.25, -0.2) is 0 Å². The summed E-state index contributed by atoms with van der Waals surface area (Å²) < 4.78 is 5.40. The van der Waals surface area contributed by atoms with E-state index in [-0.39, 0.29) is 0 Å². The normalized spacial score (nSPS) is 9.24. The number of benzene rings is 1. The average Bonchev–Trinajstić information content (AvgIpc) is 2.38. The van der Waals surface area contributed by atoms with Crippen LogP contribution >= 0.6 is 0 Å². The molecule has 0 unspecified atom stereocenters. The molecule has 0 atom stereocenters. The van der Waals surface area contributed by atoms with Crippen LogP contribution in [0.2, 0.25) is 0 Å². The summed E-state index contributed by atoms with van der Waals surface area (Å²) in [4.78, 5) is 0. The molecule has 1 heteroatoms. The third kappa shape index (κ3) is 4.95. The van der Waals surface area contributed by atoms with Crippen molar-refractivity contribution < 1.29 is 4.74 Å². The van der Waals surface area contributed by atoms with E-state index in [1.165, 1.54) is 11.1 Å². The van der Waals surface area contributed by atoms with Crippen LogP contribution in [0.4, 0.5) is 0 Å². The van der Waals surface area contributed by atoms with Crippen molar-refractivity contribution >= 4 is 0 Å². The predicted octanol–water partition coefficient (Wildman–Crippen LogP) is 4.41. The maximum absolute atomic E-state index is 5.40. The first kappa shape index (κ1) is 15.6. The van der Waals surface area contributed by atoms with Gasteiger partial charge in [0.2, 0.25) is 0 Å². The lowest BCUT2D eigenvalue weighted by atomic mass is 9.95. The van der Waals surface area contributed by atoms with Gasteiger partial charge in [0.05, 0.1) is 0 Å². The van der Waals surface area contributed by atoms with Crippen molar-refractivity contribution in [2.75, 3.05) is 6.61 Å². The molecule has 94 valence electrons. The van der Waals surface area contributed by atoms with Crippen molar-refractivity contribution in [3.05, 3.63) is 29.3 Å². The minimum atomic E-state index is 0.337. The van der Waals surface area contributed by atoms with Crippen LogP contribution in [0.15, 0.2) is 18.2 Å². The van der Waals surface area contributed by atoms with Gasteiger partial charge < -0.3 is 4.74 Å². The summed E-state index contributed by atoms with van der Waals surface area (Å²) in [7, 11) is 0. The molecule has 0 saturated heterocycles. The second-order valence-corrected chi connectivity index (χ2v) is 3.86. The molecule has 0 N–H and O–H groups in total. The van der Waals surface area contributed by atoms with Crippen molar-refractivity contribution in [3.8, 4) is 18.1 Å². The Bertz CT molecular complexity index is 358. The summed E-state index contributed by atoms with van der Waals surface area (Å²) in [5.41, 5.74) is 2.74. The molecule has 1 rings (SSSR count).